The van der Waals surface area contributed by atoms with Gasteiger partial charge in [-0.05, 0) is 53.9 Å². The van der Waals surface area contributed by atoms with E-state index in [0.717, 1.165) is 69.0 Å². The van der Waals surface area contributed by atoms with E-state index in [9.17, 15) is 4.79 Å². The summed E-state index contributed by atoms with van der Waals surface area (Å²) in [7, 11) is -1.98. The monoisotopic (exact) mass is 913 g/mol. The Kier molecular flexibility index (Phi) is 20.4. The van der Waals surface area contributed by atoms with Crippen LogP contribution in [0, 0.1) is 13.8 Å². The molecule has 3 aromatic rings. The van der Waals surface area contributed by atoms with E-state index in [1.54, 1.807) is 0 Å². The van der Waals surface area contributed by atoms with Gasteiger partial charge in [0.05, 0.1) is 6.61 Å². The predicted molar refractivity (Wildman–Crippen MR) is 279 cm³/mol. The van der Waals surface area contributed by atoms with Crippen LogP contribution in [0.2, 0.25) is 0 Å². The number of unbranched alkanes of at least 4 members (excludes halogenated alkanes) is 15. The maximum absolute atomic E-state index is 13.1. The van der Waals surface area contributed by atoms with Crippen LogP contribution in [-0.2, 0) is 37.6 Å². The molecule has 364 valence electrons. The number of benzene rings is 3. The van der Waals surface area contributed by atoms with Crippen LogP contribution in [0.15, 0.2) is 36.4 Å². The molecule has 0 fully saturated rings. The Hall–Kier alpha value is -3.04. The molecule has 6 heteroatoms. The molecule has 3 aromatic carbocycles. The SMILES string of the molecule is CCCCCCCCCCCCCCCCCCOC(=O)CCc1cc(C(C)(C)C)c(OP2Oc3c(cc(C)cc3C(C)(C)C)C(C)c3cc(C)cc(C(C)(C)C)c3O2)c(C(C)(C)C)c1. The van der Waals surface area contributed by atoms with Crippen molar-refractivity contribution >= 4 is 14.6 Å². The number of carbonyl (C=O) groups is 1. The van der Waals surface area contributed by atoms with Crippen molar-refractivity contribution in [1.29, 1.82) is 0 Å². The van der Waals surface area contributed by atoms with Gasteiger partial charge in [0.25, 0.3) is 0 Å². The first kappa shape index (κ1) is 54.6. The molecule has 0 N–H and O–H groups in total. The Morgan fingerprint density at radius 3 is 1.28 bits per heavy atom. The molecule has 0 saturated heterocycles. The summed E-state index contributed by atoms with van der Waals surface area (Å²) in [6, 6.07) is 13.6. The molecular formula is C59H93O5P. The average Bonchev–Trinajstić information content (AvgIpc) is 3.20. The minimum atomic E-state index is -1.98. The van der Waals surface area contributed by atoms with Gasteiger partial charge in [-0.15, -0.1) is 0 Å². The summed E-state index contributed by atoms with van der Waals surface area (Å²) in [6.07, 6.45) is 22.2. The van der Waals surface area contributed by atoms with E-state index in [-0.39, 0.29) is 33.5 Å². The fourth-order valence-corrected chi connectivity index (χ4v) is 10.4. The highest BCUT2D eigenvalue weighted by Gasteiger charge is 2.38. The van der Waals surface area contributed by atoms with Gasteiger partial charge in [-0.1, -0.05) is 241 Å². The number of ether oxygens (including phenoxy) is 1. The average molecular weight is 913 g/mol. The zero-order valence-electron chi connectivity index (χ0n) is 44.5. The number of hydrogen-bond acceptors (Lipinski definition) is 5. The van der Waals surface area contributed by atoms with Crippen LogP contribution in [0.1, 0.15) is 262 Å². The summed E-state index contributed by atoms with van der Waals surface area (Å²) in [5, 5.41) is 0. The molecule has 1 aliphatic heterocycles. The number of aryl methyl sites for hydroxylation is 3. The molecule has 0 aliphatic carbocycles. The zero-order chi connectivity index (χ0) is 48.2. The molecule has 0 aromatic heterocycles. The van der Waals surface area contributed by atoms with Gasteiger partial charge in [0, 0.05) is 45.7 Å². The molecular weight excluding hydrogens is 820 g/mol. The van der Waals surface area contributed by atoms with E-state index in [0.29, 0.717) is 19.4 Å². The van der Waals surface area contributed by atoms with Gasteiger partial charge in [0.2, 0.25) is 0 Å². The normalized spacial score (nSPS) is 15.6. The fraction of sp³-hybridized carbons (Fsp3) is 0.678. The molecule has 0 atom stereocenters. The summed E-state index contributed by atoms with van der Waals surface area (Å²) in [5.41, 5.74) is 9.40. The third-order valence-corrected chi connectivity index (χ3v) is 14.2. The van der Waals surface area contributed by atoms with Gasteiger partial charge in [-0.3, -0.25) is 4.79 Å². The third kappa shape index (κ3) is 16.6. The van der Waals surface area contributed by atoms with Crippen molar-refractivity contribution < 1.29 is 23.1 Å². The molecule has 0 saturated carbocycles. The Bertz CT molecular complexity index is 1860. The Morgan fingerprint density at radius 2 is 0.908 bits per heavy atom. The summed E-state index contributed by atoms with van der Waals surface area (Å²) in [5.74, 6) is 2.43. The molecule has 0 bridgehead atoms. The summed E-state index contributed by atoms with van der Waals surface area (Å²) in [6.45, 7) is 36.3. The molecule has 5 nitrogen and oxygen atoms in total. The lowest BCUT2D eigenvalue weighted by molar-refractivity contribution is -0.143. The first-order valence-electron chi connectivity index (χ1n) is 25.9. The lowest BCUT2D eigenvalue weighted by atomic mass is 9.78. The van der Waals surface area contributed by atoms with E-state index in [1.807, 2.05) is 0 Å². The Morgan fingerprint density at radius 1 is 0.538 bits per heavy atom. The summed E-state index contributed by atoms with van der Waals surface area (Å²) in [4.78, 5) is 13.1. The molecule has 0 amide bonds. The van der Waals surface area contributed by atoms with Crippen molar-refractivity contribution in [3.63, 3.8) is 0 Å². The largest absolute Gasteiger partial charge is 0.530 e. The van der Waals surface area contributed by atoms with Crippen LogP contribution >= 0.6 is 8.60 Å². The summed E-state index contributed by atoms with van der Waals surface area (Å²) < 4.78 is 27.5. The molecule has 0 radical (unpaired) electrons. The van der Waals surface area contributed by atoms with Gasteiger partial charge in [0.15, 0.2) is 0 Å². The van der Waals surface area contributed by atoms with Gasteiger partial charge >= 0.3 is 14.6 Å². The standard InChI is InChI=1S/C59H93O5P/c1-17-18-19-20-21-22-23-24-25-26-27-28-29-30-31-32-35-61-52(60)34-33-45-40-50(58(11,12)13)55(51(41-45)59(14,15)16)64-65-62-53-46(36-42(2)38-48(53)56(5,6)7)44(4)47-37-43(3)39-49(54(47)63-65)57(8,9)10/h36-41,44H,17-35H2,1-16H3. The third-order valence-electron chi connectivity index (χ3n) is 13.2. The van der Waals surface area contributed by atoms with Gasteiger partial charge in [-0.2, -0.15) is 0 Å². The van der Waals surface area contributed by atoms with Crippen LogP contribution in [0.4, 0.5) is 0 Å². The maximum Gasteiger partial charge on any atom is 0.530 e. The maximum atomic E-state index is 13.1. The van der Waals surface area contributed by atoms with Gasteiger partial charge in [-0.25, -0.2) is 0 Å². The topological polar surface area (TPSA) is 54.0 Å². The Labute approximate surface area is 400 Å². The number of fused-ring (bicyclic) bond motifs is 2. The number of esters is 1. The van der Waals surface area contributed by atoms with Crippen molar-refractivity contribution in [2.45, 2.75) is 254 Å². The fourth-order valence-electron chi connectivity index (χ4n) is 9.21. The first-order chi connectivity index (χ1) is 30.4. The van der Waals surface area contributed by atoms with Crippen LogP contribution in [0.5, 0.6) is 17.2 Å². The highest BCUT2D eigenvalue weighted by Crippen LogP contribution is 2.56. The number of rotatable bonds is 22. The lowest BCUT2D eigenvalue weighted by Gasteiger charge is -2.36. The van der Waals surface area contributed by atoms with E-state index in [1.165, 1.54) is 101 Å². The van der Waals surface area contributed by atoms with Crippen LogP contribution in [0.25, 0.3) is 0 Å². The second-order valence-electron chi connectivity index (χ2n) is 23.7. The molecule has 4 rings (SSSR count). The van der Waals surface area contributed by atoms with Crippen molar-refractivity contribution in [1.82, 2.24) is 0 Å². The molecule has 0 unspecified atom stereocenters. The van der Waals surface area contributed by atoms with Gasteiger partial charge < -0.3 is 18.3 Å². The molecule has 1 aliphatic rings. The quantitative estimate of drug-likeness (QED) is 0.0571. The first-order valence-corrected chi connectivity index (χ1v) is 27.0. The second kappa shape index (κ2) is 24.3. The van der Waals surface area contributed by atoms with E-state index in [2.05, 4.69) is 147 Å². The zero-order valence-corrected chi connectivity index (χ0v) is 45.4. The second-order valence-corrected chi connectivity index (χ2v) is 24.7. The van der Waals surface area contributed by atoms with E-state index in [4.69, 9.17) is 18.3 Å². The number of carbonyl (C=O) groups excluding carboxylic acids is 1. The van der Waals surface area contributed by atoms with Crippen LogP contribution < -0.4 is 13.6 Å². The van der Waals surface area contributed by atoms with Crippen LogP contribution in [-0.4, -0.2) is 12.6 Å². The molecule has 65 heavy (non-hydrogen) atoms. The highest BCUT2D eigenvalue weighted by molar-refractivity contribution is 7.43. The van der Waals surface area contributed by atoms with E-state index >= 15 is 0 Å². The predicted octanol–water partition coefficient (Wildman–Crippen LogP) is 18.5. The van der Waals surface area contributed by atoms with Crippen molar-refractivity contribution in [3.8, 4) is 17.2 Å². The van der Waals surface area contributed by atoms with Crippen molar-refractivity contribution in [2.75, 3.05) is 6.61 Å². The van der Waals surface area contributed by atoms with Crippen molar-refractivity contribution in [2.24, 2.45) is 0 Å². The van der Waals surface area contributed by atoms with E-state index < -0.39 is 8.60 Å². The van der Waals surface area contributed by atoms with Crippen molar-refractivity contribution in [3.05, 3.63) is 86.5 Å². The molecule has 0 spiro atoms. The smallest absolute Gasteiger partial charge is 0.466 e. The van der Waals surface area contributed by atoms with Crippen LogP contribution in [0.3, 0.4) is 0 Å². The minimum absolute atomic E-state index is 0.0364. The minimum Gasteiger partial charge on any atom is -0.466 e. The summed E-state index contributed by atoms with van der Waals surface area (Å²) >= 11 is 0. The van der Waals surface area contributed by atoms with Gasteiger partial charge in [0.1, 0.15) is 17.2 Å². The lowest BCUT2D eigenvalue weighted by Crippen LogP contribution is -2.23. The molecule has 1 heterocycles. The Balaban J connectivity index is 1.47. The highest BCUT2D eigenvalue weighted by atomic mass is 31.2. The number of hydrogen-bond donors (Lipinski definition) is 0.